The lowest BCUT2D eigenvalue weighted by atomic mass is 10.0. The molecule has 0 aliphatic carbocycles. The average Bonchev–Trinajstić information content (AvgIpc) is 2.72. The van der Waals surface area contributed by atoms with Crippen LogP contribution in [0.25, 0.3) is 11.0 Å². The number of carbonyl (C=O) groups excluding carboxylic acids is 1. The third kappa shape index (κ3) is 1.86. The van der Waals surface area contributed by atoms with Crippen LogP contribution in [0.2, 0.25) is 0 Å². The molecule has 1 N–H and O–H groups in total. The van der Waals surface area contributed by atoms with Gasteiger partial charge in [-0.15, -0.1) is 0 Å². The minimum Gasteiger partial charge on any atom is -0.396 e. The number of aromatic nitrogens is 1. The number of rotatable bonds is 3. The Morgan fingerprint density at radius 3 is 3.00 bits per heavy atom. The Kier molecular flexibility index (Phi) is 2.76. The summed E-state index contributed by atoms with van der Waals surface area (Å²) < 4.78 is 5.16. The number of para-hydroxylation sites is 1. The lowest BCUT2D eigenvalue weighted by molar-refractivity contribution is -0.137. The van der Waals surface area contributed by atoms with E-state index in [-0.39, 0.29) is 24.9 Å². The molecule has 3 rings (SSSR count). The number of benzene rings is 1. The first-order chi connectivity index (χ1) is 8.78. The molecule has 94 valence electrons. The zero-order chi connectivity index (χ0) is 12.5. The molecule has 0 saturated carbocycles. The van der Waals surface area contributed by atoms with E-state index >= 15 is 0 Å². The second-order valence-corrected chi connectivity index (χ2v) is 4.65. The van der Waals surface area contributed by atoms with Crippen molar-refractivity contribution in [2.45, 2.75) is 6.42 Å². The highest BCUT2D eigenvalue weighted by Crippen LogP contribution is 2.21. The Bertz CT molecular complexity index is 572. The molecule has 1 amide bonds. The minimum absolute atomic E-state index is 0.0405. The molecule has 2 aromatic rings. The van der Waals surface area contributed by atoms with Gasteiger partial charge in [0.2, 0.25) is 5.91 Å². The summed E-state index contributed by atoms with van der Waals surface area (Å²) in [7, 11) is 0. The fourth-order valence-corrected chi connectivity index (χ4v) is 2.21. The highest BCUT2D eigenvalue weighted by Gasteiger charge is 2.30. The minimum atomic E-state index is 0.0405. The van der Waals surface area contributed by atoms with Crippen molar-refractivity contribution in [3.05, 3.63) is 30.0 Å². The Morgan fingerprint density at radius 2 is 2.22 bits per heavy atom. The van der Waals surface area contributed by atoms with Gasteiger partial charge >= 0.3 is 0 Å². The van der Waals surface area contributed by atoms with Crippen LogP contribution in [0.3, 0.4) is 0 Å². The smallest absolute Gasteiger partial charge is 0.228 e. The highest BCUT2D eigenvalue weighted by molar-refractivity contribution is 5.86. The Labute approximate surface area is 104 Å². The summed E-state index contributed by atoms with van der Waals surface area (Å²) in [6.45, 7) is 1.44. The monoisotopic (exact) mass is 246 g/mol. The molecule has 5 heteroatoms. The van der Waals surface area contributed by atoms with E-state index < -0.39 is 0 Å². The summed E-state index contributed by atoms with van der Waals surface area (Å²) in [6.07, 6.45) is 0.259. The van der Waals surface area contributed by atoms with E-state index in [2.05, 4.69) is 5.16 Å². The normalized spacial score (nSPS) is 15.9. The van der Waals surface area contributed by atoms with Crippen molar-refractivity contribution >= 4 is 16.9 Å². The van der Waals surface area contributed by atoms with Crippen molar-refractivity contribution in [1.82, 2.24) is 10.1 Å². The van der Waals surface area contributed by atoms with Gasteiger partial charge < -0.3 is 14.5 Å². The van der Waals surface area contributed by atoms with E-state index in [1.54, 1.807) is 4.90 Å². The SMILES string of the molecule is O=C(Cc1noc2ccccc12)N1CC(CO)C1. The van der Waals surface area contributed by atoms with Gasteiger partial charge in [0.15, 0.2) is 5.58 Å². The Hall–Kier alpha value is -1.88. The number of likely N-dealkylation sites (tertiary alicyclic amines) is 1. The van der Waals surface area contributed by atoms with Crippen molar-refractivity contribution in [2.75, 3.05) is 19.7 Å². The number of hydrogen-bond donors (Lipinski definition) is 1. The van der Waals surface area contributed by atoms with Crippen molar-refractivity contribution in [3.8, 4) is 0 Å². The third-order valence-electron chi connectivity index (χ3n) is 3.34. The van der Waals surface area contributed by atoms with Crippen LogP contribution in [0.1, 0.15) is 5.69 Å². The molecule has 1 fully saturated rings. The van der Waals surface area contributed by atoms with Crippen LogP contribution in [-0.4, -0.2) is 40.8 Å². The molecule has 1 aliphatic rings. The summed E-state index contributed by atoms with van der Waals surface area (Å²) >= 11 is 0. The van der Waals surface area contributed by atoms with Gasteiger partial charge in [-0.3, -0.25) is 4.79 Å². The highest BCUT2D eigenvalue weighted by atomic mass is 16.5. The Balaban J connectivity index is 1.71. The molecule has 18 heavy (non-hydrogen) atoms. The van der Waals surface area contributed by atoms with Crippen molar-refractivity contribution < 1.29 is 14.4 Å². The molecule has 1 aliphatic heterocycles. The van der Waals surface area contributed by atoms with Crippen LogP contribution in [0, 0.1) is 5.92 Å². The van der Waals surface area contributed by atoms with Crippen LogP contribution >= 0.6 is 0 Å². The lowest BCUT2D eigenvalue weighted by Gasteiger charge is -2.38. The first-order valence-corrected chi connectivity index (χ1v) is 6.00. The van der Waals surface area contributed by atoms with E-state index in [0.29, 0.717) is 24.4 Å². The van der Waals surface area contributed by atoms with Crippen LogP contribution in [0.5, 0.6) is 0 Å². The van der Waals surface area contributed by atoms with Gasteiger partial charge in [-0.2, -0.15) is 0 Å². The summed E-state index contributed by atoms with van der Waals surface area (Å²) in [5, 5.41) is 13.8. The average molecular weight is 246 g/mol. The molecular formula is C13H14N2O3. The van der Waals surface area contributed by atoms with E-state index in [9.17, 15) is 4.79 Å². The third-order valence-corrected chi connectivity index (χ3v) is 3.34. The van der Waals surface area contributed by atoms with Crippen molar-refractivity contribution in [3.63, 3.8) is 0 Å². The van der Waals surface area contributed by atoms with Crippen LogP contribution in [0.4, 0.5) is 0 Å². The topological polar surface area (TPSA) is 66.6 Å². The summed E-state index contributed by atoms with van der Waals surface area (Å²) in [6, 6.07) is 7.52. The largest absolute Gasteiger partial charge is 0.396 e. The molecule has 0 spiro atoms. The maximum absolute atomic E-state index is 12.0. The molecule has 0 bridgehead atoms. The number of carbonyl (C=O) groups is 1. The van der Waals surface area contributed by atoms with Crippen LogP contribution in [0.15, 0.2) is 28.8 Å². The quantitative estimate of drug-likeness (QED) is 0.870. The van der Waals surface area contributed by atoms with Crippen LogP contribution < -0.4 is 0 Å². The van der Waals surface area contributed by atoms with E-state index in [1.807, 2.05) is 24.3 Å². The number of aliphatic hydroxyl groups is 1. The number of aliphatic hydroxyl groups excluding tert-OH is 1. The number of nitrogens with zero attached hydrogens (tertiary/aromatic N) is 2. The molecule has 2 heterocycles. The van der Waals surface area contributed by atoms with E-state index in [0.717, 1.165) is 5.39 Å². The maximum Gasteiger partial charge on any atom is 0.228 e. The number of fused-ring (bicyclic) bond motifs is 1. The standard InChI is InChI=1S/C13H14N2O3/c16-8-9-6-15(7-9)13(17)5-11-10-3-1-2-4-12(10)18-14-11/h1-4,9,16H,5-8H2. The first-order valence-electron chi connectivity index (χ1n) is 6.00. The molecule has 0 unspecified atom stereocenters. The zero-order valence-corrected chi connectivity index (χ0v) is 9.87. The molecular weight excluding hydrogens is 232 g/mol. The molecule has 0 radical (unpaired) electrons. The lowest BCUT2D eigenvalue weighted by Crippen LogP contribution is -2.51. The summed E-state index contributed by atoms with van der Waals surface area (Å²) in [5.74, 6) is 0.279. The molecule has 0 atom stereocenters. The van der Waals surface area contributed by atoms with Gasteiger partial charge in [-0.05, 0) is 12.1 Å². The second-order valence-electron chi connectivity index (χ2n) is 4.65. The number of hydrogen-bond acceptors (Lipinski definition) is 4. The molecule has 5 nitrogen and oxygen atoms in total. The summed E-state index contributed by atoms with van der Waals surface area (Å²) in [5.41, 5.74) is 1.39. The second kappa shape index (κ2) is 4.42. The fraction of sp³-hybridized carbons (Fsp3) is 0.385. The molecule has 1 aromatic carbocycles. The Morgan fingerprint density at radius 1 is 1.44 bits per heavy atom. The fourth-order valence-electron chi connectivity index (χ4n) is 2.21. The summed E-state index contributed by atoms with van der Waals surface area (Å²) in [4.78, 5) is 13.7. The first kappa shape index (κ1) is 11.2. The zero-order valence-electron chi connectivity index (χ0n) is 9.87. The maximum atomic E-state index is 12.0. The van der Waals surface area contributed by atoms with Gasteiger partial charge in [-0.25, -0.2) is 0 Å². The predicted molar refractivity (Wildman–Crippen MR) is 64.9 cm³/mol. The van der Waals surface area contributed by atoms with E-state index in [1.165, 1.54) is 0 Å². The van der Waals surface area contributed by atoms with Gasteiger partial charge in [-0.1, -0.05) is 17.3 Å². The molecule has 1 aromatic heterocycles. The van der Waals surface area contributed by atoms with Crippen molar-refractivity contribution in [1.29, 1.82) is 0 Å². The van der Waals surface area contributed by atoms with Gasteiger partial charge in [0, 0.05) is 31.0 Å². The van der Waals surface area contributed by atoms with Gasteiger partial charge in [0.05, 0.1) is 6.42 Å². The van der Waals surface area contributed by atoms with Gasteiger partial charge in [0.25, 0.3) is 0 Å². The van der Waals surface area contributed by atoms with Crippen LogP contribution in [-0.2, 0) is 11.2 Å². The van der Waals surface area contributed by atoms with Gasteiger partial charge in [0.1, 0.15) is 5.69 Å². The van der Waals surface area contributed by atoms with Crippen molar-refractivity contribution in [2.24, 2.45) is 5.92 Å². The predicted octanol–water partition coefficient (Wildman–Crippen LogP) is 0.821. The number of amides is 1. The molecule has 1 saturated heterocycles. The van der Waals surface area contributed by atoms with E-state index in [4.69, 9.17) is 9.63 Å².